The molecule has 2 aliphatic heterocycles. The van der Waals surface area contributed by atoms with Gasteiger partial charge in [-0.1, -0.05) is 6.07 Å². The Hall–Kier alpha value is -2.37. The first-order valence-corrected chi connectivity index (χ1v) is 7.00. The molecule has 0 bridgehead atoms. The fourth-order valence-corrected chi connectivity index (χ4v) is 2.90. The highest BCUT2D eigenvalue weighted by atomic mass is 16.4. The lowest BCUT2D eigenvalue weighted by atomic mass is 10.1. The van der Waals surface area contributed by atoms with Gasteiger partial charge in [-0.05, 0) is 24.1 Å². The second kappa shape index (κ2) is 5.20. The third-order valence-electron chi connectivity index (χ3n) is 4.07. The first-order valence-electron chi connectivity index (χ1n) is 7.00. The molecule has 0 aliphatic carbocycles. The fourth-order valence-electron chi connectivity index (χ4n) is 2.90. The predicted molar refractivity (Wildman–Crippen MR) is 75.3 cm³/mol. The van der Waals surface area contributed by atoms with Crippen LogP contribution in [-0.2, 0) is 16.0 Å². The number of benzene rings is 1. The van der Waals surface area contributed by atoms with Gasteiger partial charge in [0.1, 0.15) is 0 Å². The molecule has 110 valence electrons. The third-order valence-corrected chi connectivity index (χ3v) is 4.07. The highest BCUT2D eigenvalue weighted by Gasteiger charge is 2.29. The van der Waals surface area contributed by atoms with Gasteiger partial charge in [0.05, 0.1) is 5.56 Å². The van der Waals surface area contributed by atoms with Crippen LogP contribution in [0.15, 0.2) is 18.2 Å². The molecular formula is C15H16N2O4. The third kappa shape index (κ3) is 2.49. The smallest absolute Gasteiger partial charge is 0.335 e. The van der Waals surface area contributed by atoms with Crippen molar-refractivity contribution in [3.05, 3.63) is 29.3 Å². The van der Waals surface area contributed by atoms with E-state index in [1.54, 1.807) is 12.1 Å². The van der Waals surface area contributed by atoms with Gasteiger partial charge in [-0.2, -0.15) is 0 Å². The molecule has 1 aromatic carbocycles. The van der Waals surface area contributed by atoms with E-state index in [4.69, 9.17) is 5.11 Å². The van der Waals surface area contributed by atoms with Crippen LogP contribution >= 0.6 is 0 Å². The Morgan fingerprint density at radius 2 is 1.81 bits per heavy atom. The number of likely N-dealkylation sites (tertiary alicyclic amines) is 1. The molecule has 0 unspecified atom stereocenters. The lowest BCUT2D eigenvalue weighted by molar-refractivity contribution is -0.138. The Kier molecular flexibility index (Phi) is 3.37. The maximum Gasteiger partial charge on any atom is 0.335 e. The van der Waals surface area contributed by atoms with E-state index in [2.05, 4.69) is 0 Å². The zero-order valence-electron chi connectivity index (χ0n) is 11.5. The number of carboxylic acid groups (broad SMARTS) is 1. The van der Waals surface area contributed by atoms with E-state index in [0.29, 0.717) is 25.9 Å². The van der Waals surface area contributed by atoms with Gasteiger partial charge in [0.25, 0.3) is 0 Å². The molecule has 6 nitrogen and oxygen atoms in total. The molecule has 2 amide bonds. The largest absolute Gasteiger partial charge is 0.478 e. The molecule has 1 N–H and O–H groups in total. The Bertz CT molecular complexity index is 610. The van der Waals surface area contributed by atoms with Gasteiger partial charge in [-0.15, -0.1) is 0 Å². The first kappa shape index (κ1) is 13.6. The van der Waals surface area contributed by atoms with Gasteiger partial charge in [-0.25, -0.2) is 4.79 Å². The van der Waals surface area contributed by atoms with Crippen LogP contribution in [0.4, 0.5) is 5.69 Å². The predicted octanol–water partition coefficient (Wildman–Crippen LogP) is 0.896. The van der Waals surface area contributed by atoms with Crippen LogP contribution in [0.1, 0.15) is 28.8 Å². The van der Waals surface area contributed by atoms with E-state index in [0.717, 1.165) is 24.2 Å². The van der Waals surface area contributed by atoms with Crippen LogP contribution in [0, 0.1) is 0 Å². The fraction of sp³-hybridized carbons (Fsp3) is 0.400. The summed E-state index contributed by atoms with van der Waals surface area (Å²) in [4.78, 5) is 37.6. The molecule has 2 aliphatic rings. The minimum absolute atomic E-state index is 0.112. The van der Waals surface area contributed by atoms with Crippen molar-refractivity contribution in [2.24, 2.45) is 0 Å². The van der Waals surface area contributed by atoms with Crippen molar-refractivity contribution >= 4 is 23.5 Å². The lowest BCUT2D eigenvalue weighted by Crippen LogP contribution is -2.37. The second-order valence-corrected chi connectivity index (χ2v) is 5.32. The van der Waals surface area contributed by atoms with Crippen LogP contribution in [0.3, 0.4) is 0 Å². The van der Waals surface area contributed by atoms with Crippen molar-refractivity contribution in [1.82, 2.24) is 4.90 Å². The molecule has 0 spiro atoms. The Labute approximate surface area is 122 Å². The number of hydrogen-bond acceptors (Lipinski definition) is 4. The summed E-state index contributed by atoms with van der Waals surface area (Å²) < 4.78 is 0. The van der Waals surface area contributed by atoms with E-state index in [1.165, 1.54) is 4.90 Å². The zero-order chi connectivity index (χ0) is 15.0. The van der Waals surface area contributed by atoms with Gasteiger partial charge in [0, 0.05) is 38.2 Å². The van der Waals surface area contributed by atoms with Crippen LogP contribution in [-0.4, -0.2) is 47.4 Å². The SMILES string of the molecule is O=C(O)c1ccc2c(c1)N(CCN1C(=O)CCC1=O)CC2. The van der Waals surface area contributed by atoms with Crippen molar-refractivity contribution in [2.75, 3.05) is 24.5 Å². The average Bonchev–Trinajstić information content (AvgIpc) is 3.00. The molecule has 0 saturated carbocycles. The van der Waals surface area contributed by atoms with Gasteiger partial charge >= 0.3 is 5.97 Å². The summed E-state index contributed by atoms with van der Waals surface area (Å²) in [7, 11) is 0. The first-order chi connectivity index (χ1) is 10.1. The minimum atomic E-state index is -0.949. The quantitative estimate of drug-likeness (QED) is 0.833. The molecule has 1 aromatic rings. The number of carboxylic acids is 1. The number of carbonyl (C=O) groups excluding carboxylic acids is 2. The van der Waals surface area contributed by atoms with Gasteiger partial charge < -0.3 is 10.0 Å². The van der Waals surface area contributed by atoms with Crippen LogP contribution in [0.5, 0.6) is 0 Å². The summed E-state index contributed by atoms with van der Waals surface area (Å²) in [5, 5.41) is 9.06. The summed E-state index contributed by atoms with van der Waals surface area (Å²) in [5.41, 5.74) is 2.27. The Morgan fingerprint density at radius 3 is 2.48 bits per heavy atom. The lowest BCUT2D eigenvalue weighted by Gasteiger charge is -2.22. The van der Waals surface area contributed by atoms with Crippen molar-refractivity contribution in [2.45, 2.75) is 19.3 Å². The number of rotatable bonds is 4. The summed E-state index contributed by atoms with van der Waals surface area (Å²) in [5.74, 6) is -1.17. The number of nitrogens with zero attached hydrogens (tertiary/aromatic N) is 2. The van der Waals surface area contributed by atoms with Crippen molar-refractivity contribution in [3.8, 4) is 0 Å². The maximum absolute atomic E-state index is 11.6. The number of anilines is 1. The molecule has 1 fully saturated rings. The van der Waals surface area contributed by atoms with Crippen LogP contribution in [0.2, 0.25) is 0 Å². The highest BCUT2D eigenvalue weighted by molar-refractivity contribution is 6.01. The topological polar surface area (TPSA) is 77.9 Å². The maximum atomic E-state index is 11.6. The standard InChI is InChI=1S/C15H16N2O4/c18-13-3-4-14(19)17(13)8-7-16-6-5-10-1-2-11(15(20)21)9-12(10)16/h1-2,9H,3-8H2,(H,20,21). The van der Waals surface area contributed by atoms with E-state index in [-0.39, 0.29) is 17.4 Å². The van der Waals surface area contributed by atoms with E-state index < -0.39 is 5.97 Å². The number of imide groups is 1. The van der Waals surface area contributed by atoms with Gasteiger partial charge in [-0.3, -0.25) is 14.5 Å². The van der Waals surface area contributed by atoms with Crippen molar-refractivity contribution < 1.29 is 19.5 Å². The van der Waals surface area contributed by atoms with Gasteiger partial charge in [0.15, 0.2) is 0 Å². The number of amides is 2. The number of carbonyl (C=O) groups is 3. The molecule has 2 heterocycles. The Balaban J connectivity index is 1.72. The number of fused-ring (bicyclic) bond motifs is 1. The van der Waals surface area contributed by atoms with Crippen LogP contribution < -0.4 is 4.90 Å². The van der Waals surface area contributed by atoms with E-state index in [1.807, 2.05) is 11.0 Å². The van der Waals surface area contributed by atoms with Crippen molar-refractivity contribution in [1.29, 1.82) is 0 Å². The summed E-state index contributed by atoms with van der Waals surface area (Å²) in [6.45, 7) is 1.70. The normalized spacial score (nSPS) is 17.5. The second-order valence-electron chi connectivity index (χ2n) is 5.32. The van der Waals surface area contributed by atoms with E-state index in [9.17, 15) is 14.4 Å². The molecule has 3 rings (SSSR count). The molecule has 21 heavy (non-hydrogen) atoms. The Morgan fingerprint density at radius 1 is 1.10 bits per heavy atom. The monoisotopic (exact) mass is 288 g/mol. The molecule has 0 aromatic heterocycles. The molecule has 1 saturated heterocycles. The van der Waals surface area contributed by atoms with Gasteiger partial charge in [0.2, 0.25) is 11.8 Å². The van der Waals surface area contributed by atoms with E-state index >= 15 is 0 Å². The summed E-state index contributed by atoms with van der Waals surface area (Å²) in [6.07, 6.45) is 1.47. The zero-order valence-corrected chi connectivity index (χ0v) is 11.5. The summed E-state index contributed by atoms with van der Waals surface area (Å²) >= 11 is 0. The van der Waals surface area contributed by atoms with Crippen molar-refractivity contribution in [3.63, 3.8) is 0 Å². The molecule has 0 radical (unpaired) electrons. The molecule has 6 heteroatoms. The average molecular weight is 288 g/mol. The number of hydrogen-bond donors (Lipinski definition) is 1. The number of aromatic carboxylic acids is 1. The molecular weight excluding hydrogens is 272 g/mol. The molecule has 0 atom stereocenters. The minimum Gasteiger partial charge on any atom is -0.478 e. The summed E-state index contributed by atoms with van der Waals surface area (Å²) in [6, 6.07) is 5.11. The van der Waals surface area contributed by atoms with Crippen LogP contribution in [0.25, 0.3) is 0 Å². The highest BCUT2D eigenvalue weighted by Crippen LogP contribution is 2.29.